The van der Waals surface area contributed by atoms with Gasteiger partial charge in [0, 0.05) is 12.0 Å². The summed E-state index contributed by atoms with van der Waals surface area (Å²) in [6.07, 6.45) is 2.58. The van der Waals surface area contributed by atoms with E-state index in [0.29, 0.717) is 6.42 Å². The number of hydrogen-bond acceptors (Lipinski definition) is 1. The number of aliphatic hydroxyl groups excluding tert-OH is 1. The van der Waals surface area contributed by atoms with Gasteiger partial charge >= 0.3 is 0 Å². The molecule has 1 nitrogen and oxygen atoms in total. The van der Waals surface area contributed by atoms with Gasteiger partial charge in [-0.3, -0.25) is 0 Å². The molecule has 1 N–H and O–H groups in total. The van der Waals surface area contributed by atoms with Gasteiger partial charge in [-0.05, 0) is 17.5 Å². The van der Waals surface area contributed by atoms with Crippen molar-refractivity contribution in [1.82, 2.24) is 0 Å². The maximum Gasteiger partial charge on any atom is 0.0445 e. The molecule has 0 radical (unpaired) electrons. The standard InChI is InChI=1S/C17H18O/c1-2-17(13-14-18,15-9-5-3-6-10-15)16-11-7-4-8-12-16/h2-12,18H,1,13-14H2. The molecule has 92 valence electrons. The fourth-order valence-electron chi connectivity index (χ4n) is 2.44. The third kappa shape index (κ3) is 2.22. The monoisotopic (exact) mass is 238 g/mol. The quantitative estimate of drug-likeness (QED) is 0.790. The normalized spacial score (nSPS) is 11.2. The van der Waals surface area contributed by atoms with Crippen molar-refractivity contribution in [3.8, 4) is 0 Å². The second kappa shape index (κ2) is 5.65. The molecule has 0 aliphatic rings. The highest BCUT2D eigenvalue weighted by Gasteiger charge is 2.29. The molecule has 2 rings (SSSR count). The highest BCUT2D eigenvalue weighted by Crippen LogP contribution is 2.36. The molecule has 2 aromatic carbocycles. The van der Waals surface area contributed by atoms with Crippen LogP contribution in [0.4, 0.5) is 0 Å². The summed E-state index contributed by atoms with van der Waals surface area (Å²) in [5.41, 5.74) is 2.03. The Hall–Kier alpha value is -1.86. The molecule has 0 amide bonds. The lowest BCUT2D eigenvalue weighted by Crippen LogP contribution is -2.26. The van der Waals surface area contributed by atoms with E-state index >= 15 is 0 Å². The second-order valence-electron chi connectivity index (χ2n) is 4.38. The largest absolute Gasteiger partial charge is 0.396 e. The molecule has 0 atom stereocenters. The average molecular weight is 238 g/mol. The molecule has 0 bridgehead atoms. The van der Waals surface area contributed by atoms with Gasteiger partial charge in [-0.25, -0.2) is 0 Å². The Balaban J connectivity index is 2.57. The molecule has 0 fully saturated rings. The van der Waals surface area contributed by atoms with E-state index in [9.17, 15) is 5.11 Å². The summed E-state index contributed by atoms with van der Waals surface area (Å²) in [6.45, 7) is 4.13. The van der Waals surface area contributed by atoms with Crippen LogP contribution >= 0.6 is 0 Å². The van der Waals surface area contributed by atoms with Crippen LogP contribution in [0.5, 0.6) is 0 Å². The molecule has 0 unspecified atom stereocenters. The van der Waals surface area contributed by atoms with Crippen LogP contribution in [0.1, 0.15) is 17.5 Å². The third-order valence-electron chi connectivity index (χ3n) is 3.43. The average Bonchev–Trinajstić information content (AvgIpc) is 2.47. The van der Waals surface area contributed by atoms with Crippen LogP contribution in [0.15, 0.2) is 73.3 Å². The summed E-state index contributed by atoms with van der Waals surface area (Å²) < 4.78 is 0. The molecule has 1 heteroatoms. The second-order valence-corrected chi connectivity index (χ2v) is 4.38. The summed E-state index contributed by atoms with van der Waals surface area (Å²) in [5, 5.41) is 9.41. The summed E-state index contributed by atoms with van der Waals surface area (Å²) >= 11 is 0. The summed E-state index contributed by atoms with van der Waals surface area (Å²) in [5.74, 6) is 0. The Morgan fingerprint density at radius 2 is 1.33 bits per heavy atom. The SMILES string of the molecule is C=CC(CCO)(c1ccccc1)c1ccccc1. The highest BCUT2D eigenvalue weighted by molar-refractivity contribution is 5.43. The van der Waals surface area contributed by atoms with Gasteiger partial charge in [-0.1, -0.05) is 66.7 Å². The van der Waals surface area contributed by atoms with Crippen LogP contribution < -0.4 is 0 Å². The van der Waals surface area contributed by atoms with Gasteiger partial charge in [-0.2, -0.15) is 0 Å². The number of allylic oxidation sites excluding steroid dienone is 1. The first-order valence-corrected chi connectivity index (χ1v) is 6.19. The van der Waals surface area contributed by atoms with Gasteiger partial charge in [0.15, 0.2) is 0 Å². The Morgan fingerprint density at radius 1 is 0.889 bits per heavy atom. The zero-order valence-electron chi connectivity index (χ0n) is 10.4. The number of hydrogen-bond donors (Lipinski definition) is 1. The van der Waals surface area contributed by atoms with Crippen LogP contribution in [-0.2, 0) is 5.41 Å². The predicted octanol–water partition coefficient (Wildman–Crippen LogP) is 3.54. The predicted molar refractivity (Wildman–Crippen MR) is 75.6 cm³/mol. The molecule has 0 aliphatic heterocycles. The number of rotatable bonds is 5. The van der Waals surface area contributed by atoms with E-state index in [1.54, 1.807) is 0 Å². The molecule has 0 saturated heterocycles. The Kier molecular flexibility index (Phi) is 3.96. The molecule has 0 heterocycles. The zero-order valence-corrected chi connectivity index (χ0v) is 10.4. The lowest BCUT2D eigenvalue weighted by Gasteiger charge is -2.31. The zero-order chi connectivity index (χ0) is 12.8. The molecule has 0 spiro atoms. The van der Waals surface area contributed by atoms with Crippen molar-refractivity contribution in [2.75, 3.05) is 6.61 Å². The number of benzene rings is 2. The first-order chi connectivity index (χ1) is 8.83. The molecular formula is C17H18O. The van der Waals surface area contributed by atoms with Gasteiger partial charge in [0.25, 0.3) is 0 Å². The first-order valence-electron chi connectivity index (χ1n) is 6.19. The fraction of sp³-hybridized carbons (Fsp3) is 0.176. The number of aliphatic hydroxyl groups is 1. The van der Waals surface area contributed by atoms with Crippen molar-refractivity contribution < 1.29 is 5.11 Å². The van der Waals surface area contributed by atoms with E-state index in [2.05, 4.69) is 30.8 Å². The Morgan fingerprint density at radius 3 is 1.67 bits per heavy atom. The fourth-order valence-corrected chi connectivity index (χ4v) is 2.44. The Labute approximate surface area is 108 Å². The smallest absolute Gasteiger partial charge is 0.0445 e. The maximum atomic E-state index is 9.41. The third-order valence-corrected chi connectivity index (χ3v) is 3.43. The van der Waals surface area contributed by atoms with Crippen molar-refractivity contribution in [2.45, 2.75) is 11.8 Å². The molecule has 0 aromatic heterocycles. The van der Waals surface area contributed by atoms with Crippen molar-refractivity contribution in [2.24, 2.45) is 0 Å². The lowest BCUT2D eigenvalue weighted by molar-refractivity contribution is 0.267. The van der Waals surface area contributed by atoms with Crippen LogP contribution in [0.3, 0.4) is 0 Å². The minimum atomic E-state index is -0.308. The van der Waals surface area contributed by atoms with Crippen molar-refractivity contribution in [1.29, 1.82) is 0 Å². The van der Waals surface area contributed by atoms with Crippen molar-refractivity contribution in [3.63, 3.8) is 0 Å². The molecule has 2 aromatic rings. The van der Waals surface area contributed by atoms with Crippen LogP contribution in [0.2, 0.25) is 0 Å². The Bertz CT molecular complexity index is 448. The minimum Gasteiger partial charge on any atom is -0.396 e. The molecular weight excluding hydrogens is 220 g/mol. The first kappa shape index (κ1) is 12.6. The van der Waals surface area contributed by atoms with Gasteiger partial charge in [0.1, 0.15) is 0 Å². The van der Waals surface area contributed by atoms with E-state index in [1.165, 1.54) is 11.1 Å². The minimum absolute atomic E-state index is 0.135. The van der Waals surface area contributed by atoms with Crippen LogP contribution in [0, 0.1) is 0 Å². The van der Waals surface area contributed by atoms with E-state index in [4.69, 9.17) is 0 Å². The van der Waals surface area contributed by atoms with Crippen molar-refractivity contribution >= 4 is 0 Å². The van der Waals surface area contributed by atoms with Crippen molar-refractivity contribution in [3.05, 3.63) is 84.4 Å². The summed E-state index contributed by atoms with van der Waals surface area (Å²) in [4.78, 5) is 0. The van der Waals surface area contributed by atoms with Gasteiger partial charge < -0.3 is 5.11 Å². The van der Waals surface area contributed by atoms with Crippen LogP contribution in [-0.4, -0.2) is 11.7 Å². The molecule has 0 aliphatic carbocycles. The topological polar surface area (TPSA) is 20.2 Å². The highest BCUT2D eigenvalue weighted by atomic mass is 16.3. The molecule has 18 heavy (non-hydrogen) atoms. The lowest BCUT2D eigenvalue weighted by atomic mass is 9.72. The van der Waals surface area contributed by atoms with Crippen LogP contribution in [0.25, 0.3) is 0 Å². The van der Waals surface area contributed by atoms with Gasteiger partial charge in [0.2, 0.25) is 0 Å². The van der Waals surface area contributed by atoms with E-state index in [1.807, 2.05) is 42.5 Å². The summed E-state index contributed by atoms with van der Waals surface area (Å²) in [7, 11) is 0. The van der Waals surface area contributed by atoms with E-state index in [0.717, 1.165) is 0 Å². The molecule has 0 saturated carbocycles. The van der Waals surface area contributed by atoms with E-state index < -0.39 is 0 Å². The van der Waals surface area contributed by atoms with E-state index in [-0.39, 0.29) is 12.0 Å². The van der Waals surface area contributed by atoms with Gasteiger partial charge in [-0.15, -0.1) is 6.58 Å². The summed E-state index contributed by atoms with van der Waals surface area (Å²) in [6, 6.07) is 20.4. The maximum absolute atomic E-state index is 9.41. The van der Waals surface area contributed by atoms with Gasteiger partial charge in [0.05, 0.1) is 0 Å².